The molecule has 4 nitrogen and oxygen atoms in total. The van der Waals surface area contributed by atoms with Crippen molar-refractivity contribution in [2.75, 3.05) is 24.5 Å². The fraction of sp³-hybridized carbons (Fsp3) is 0.667. The van der Waals surface area contributed by atoms with E-state index in [1.165, 1.54) is 25.8 Å². The number of hydrogen-bond donors (Lipinski definition) is 1. The zero-order chi connectivity index (χ0) is 14.1. The molecule has 0 aromatic carbocycles. The van der Waals surface area contributed by atoms with Crippen LogP contribution >= 0.6 is 15.9 Å². The standard InChI is InChI=1S/C15H22BrN3O/c1-11-8-18-5-3-2-4-14(18)9-19(11)15-12(10-20)6-13(16)7-17-15/h6-7,11,14,20H,2-5,8-10H2,1H3. The van der Waals surface area contributed by atoms with Crippen LogP contribution in [-0.4, -0.2) is 46.7 Å². The Bertz CT molecular complexity index is 482. The zero-order valence-electron chi connectivity index (χ0n) is 11.9. The molecule has 1 aromatic rings. The van der Waals surface area contributed by atoms with Crippen molar-refractivity contribution in [3.8, 4) is 0 Å². The van der Waals surface area contributed by atoms with Crippen LogP contribution in [0.2, 0.25) is 0 Å². The van der Waals surface area contributed by atoms with Gasteiger partial charge in [0.25, 0.3) is 0 Å². The Labute approximate surface area is 128 Å². The monoisotopic (exact) mass is 339 g/mol. The van der Waals surface area contributed by atoms with Crippen LogP contribution in [0, 0.1) is 0 Å². The SMILES string of the molecule is CC1CN2CCCCC2CN1c1ncc(Br)cc1CO. The first-order valence-electron chi connectivity index (χ1n) is 7.45. The van der Waals surface area contributed by atoms with Crippen molar-refractivity contribution < 1.29 is 5.11 Å². The van der Waals surface area contributed by atoms with Crippen molar-refractivity contribution in [3.63, 3.8) is 0 Å². The van der Waals surface area contributed by atoms with Crippen molar-refractivity contribution in [1.82, 2.24) is 9.88 Å². The van der Waals surface area contributed by atoms with E-state index in [1.807, 2.05) is 12.3 Å². The van der Waals surface area contributed by atoms with Gasteiger partial charge in [-0.25, -0.2) is 4.98 Å². The van der Waals surface area contributed by atoms with E-state index in [0.717, 1.165) is 28.9 Å². The number of hydrogen-bond acceptors (Lipinski definition) is 4. The van der Waals surface area contributed by atoms with E-state index < -0.39 is 0 Å². The summed E-state index contributed by atoms with van der Waals surface area (Å²) in [5, 5.41) is 9.59. The number of fused-ring (bicyclic) bond motifs is 1. The Morgan fingerprint density at radius 1 is 1.40 bits per heavy atom. The summed E-state index contributed by atoms with van der Waals surface area (Å²) in [7, 11) is 0. The van der Waals surface area contributed by atoms with E-state index in [4.69, 9.17) is 0 Å². The molecule has 0 saturated carbocycles. The summed E-state index contributed by atoms with van der Waals surface area (Å²) >= 11 is 3.43. The summed E-state index contributed by atoms with van der Waals surface area (Å²) in [4.78, 5) is 9.57. The van der Waals surface area contributed by atoms with E-state index in [9.17, 15) is 5.11 Å². The highest BCUT2D eigenvalue weighted by molar-refractivity contribution is 9.10. The van der Waals surface area contributed by atoms with Crippen LogP contribution in [0.3, 0.4) is 0 Å². The van der Waals surface area contributed by atoms with Crippen LogP contribution in [0.1, 0.15) is 31.7 Å². The Morgan fingerprint density at radius 2 is 2.25 bits per heavy atom. The molecule has 110 valence electrons. The highest BCUT2D eigenvalue weighted by Crippen LogP contribution is 2.30. The third-order valence-corrected chi connectivity index (χ3v) is 4.97. The van der Waals surface area contributed by atoms with Gasteiger partial charge < -0.3 is 10.0 Å². The second-order valence-electron chi connectivity index (χ2n) is 5.94. The number of aromatic nitrogens is 1. The van der Waals surface area contributed by atoms with Gasteiger partial charge in [0.05, 0.1) is 6.61 Å². The normalized spacial score (nSPS) is 27.4. The maximum Gasteiger partial charge on any atom is 0.134 e. The van der Waals surface area contributed by atoms with Crippen LogP contribution in [0.15, 0.2) is 16.7 Å². The maximum absolute atomic E-state index is 9.59. The summed E-state index contributed by atoms with van der Waals surface area (Å²) < 4.78 is 0.925. The Morgan fingerprint density at radius 3 is 3.05 bits per heavy atom. The van der Waals surface area contributed by atoms with Crippen molar-refractivity contribution >= 4 is 21.7 Å². The number of piperidine rings is 1. The lowest BCUT2D eigenvalue weighted by Gasteiger charge is -2.48. The van der Waals surface area contributed by atoms with Crippen LogP contribution < -0.4 is 4.90 Å². The second-order valence-corrected chi connectivity index (χ2v) is 6.86. The molecule has 1 aromatic heterocycles. The van der Waals surface area contributed by atoms with Crippen molar-refractivity contribution in [3.05, 3.63) is 22.3 Å². The molecule has 3 heterocycles. The molecule has 2 unspecified atom stereocenters. The predicted molar refractivity (Wildman–Crippen MR) is 83.9 cm³/mol. The molecule has 3 rings (SSSR count). The molecule has 5 heteroatoms. The van der Waals surface area contributed by atoms with Gasteiger partial charge in [-0.15, -0.1) is 0 Å². The lowest BCUT2D eigenvalue weighted by Crippen LogP contribution is -2.59. The van der Waals surface area contributed by atoms with E-state index >= 15 is 0 Å². The highest BCUT2D eigenvalue weighted by Gasteiger charge is 2.34. The molecule has 2 saturated heterocycles. The van der Waals surface area contributed by atoms with Crippen molar-refractivity contribution in [2.45, 2.75) is 44.9 Å². The number of rotatable bonds is 2. The molecule has 20 heavy (non-hydrogen) atoms. The van der Waals surface area contributed by atoms with Crippen molar-refractivity contribution in [1.29, 1.82) is 0 Å². The molecule has 0 radical (unpaired) electrons. The van der Waals surface area contributed by atoms with E-state index in [0.29, 0.717) is 12.1 Å². The molecule has 0 amide bonds. The molecule has 2 aliphatic rings. The molecule has 0 spiro atoms. The zero-order valence-corrected chi connectivity index (χ0v) is 13.5. The number of piperazine rings is 1. The molecule has 2 fully saturated rings. The van der Waals surface area contributed by atoms with Gasteiger partial charge in [-0.05, 0) is 48.3 Å². The van der Waals surface area contributed by atoms with E-state index in [1.54, 1.807) is 0 Å². The van der Waals surface area contributed by atoms with Gasteiger partial charge in [0.1, 0.15) is 5.82 Å². The molecule has 0 bridgehead atoms. The minimum absolute atomic E-state index is 0.0410. The van der Waals surface area contributed by atoms with Gasteiger partial charge in [-0.3, -0.25) is 4.90 Å². The summed E-state index contributed by atoms with van der Waals surface area (Å²) in [6.45, 7) is 5.68. The maximum atomic E-state index is 9.59. The van der Waals surface area contributed by atoms with Gasteiger partial charge in [0.15, 0.2) is 0 Å². The second kappa shape index (κ2) is 6.00. The summed E-state index contributed by atoms with van der Waals surface area (Å²) in [5.74, 6) is 0.952. The third kappa shape index (κ3) is 2.71. The Balaban J connectivity index is 1.85. The summed E-state index contributed by atoms with van der Waals surface area (Å²) in [6.07, 6.45) is 5.79. The molecular weight excluding hydrogens is 318 g/mol. The summed E-state index contributed by atoms with van der Waals surface area (Å²) in [5.41, 5.74) is 0.912. The smallest absolute Gasteiger partial charge is 0.134 e. The minimum atomic E-state index is 0.0410. The first-order chi connectivity index (χ1) is 9.69. The molecule has 2 aliphatic heterocycles. The number of halogens is 1. The lowest BCUT2D eigenvalue weighted by atomic mass is 9.97. The van der Waals surface area contributed by atoms with Crippen LogP contribution in [0.4, 0.5) is 5.82 Å². The average Bonchev–Trinajstić information content (AvgIpc) is 2.46. The van der Waals surface area contributed by atoms with Crippen LogP contribution in [0.5, 0.6) is 0 Å². The quantitative estimate of drug-likeness (QED) is 0.898. The molecule has 0 aliphatic carbocycles. The predicted octanol–water partition coefficient (Wildman–Crippen LogP) is 2.40. The fourth-order valence-corrected chi connectivity index (χ4v) is 3.87. The number of nitrogens with zero attached hydrogens (tertiary/aromatic N) is 3. The highest BCUT2D eigenvalue weighted by atomic mass is 79.9. The first kappa shape index (κ1) is 14.3. The van der Waals surface area contributed by atoms with Gasteiger partial charge in [0.2, 0.25) is 0 Å². The van der Waals surface area contributed by atoms with Crippen molar-refractivity contribution in [2.24, 2.45) is 0 Å². The van der Waals surface area contributed by atoms with Gasteiger partial charge in [-0.1, -0.05) is 6.42 Å². The molecule has 2 atom stereocenters. The largest absolute Gasteiger partial charge is 0.392 e. The third-order valence-electron chi connectivity index (χ3n) is 4.54. The number of pyridine rings is 1. The lowest BCUT2D eigenvalue weighted by molar-refractivity contribution is 0.115. The first-order valence-corrected chi connectivity index (χ1v) is 8.24. The minimum Gasteiger partial charge on any atom is -0.392 e. The number of anilines is 1. The Kier molecular flexibility index (Phi) is 4.29. The van der Waals surface area contributed by atoms with Gasteiger partial charge >= 0.3 is 0 Å². The topological polar surface area (TPSA) is 39.6 Å². The van der Waals surface area contributed by atoms with Crippen LogP contribution in [-0.2, 0) is 6.61 Å². The number of aliphatic hydroxyl groups excluding tert-OH is 1. The molecular formula is C15H22BrN3O. The summed E-state index contributed by atoms with van der Waals surface area (Å²) in [6, 6.07) is 3.07. The van der Waals surface area contributed by atoms with Gasteiger partial charge in [0, 0.05) is 41.4 Å². The fourth-order valence-electron chi connectivity index (χ4n) is 3.50. The average molecular weight is 340 g/mol. The van der Waals surface area contributed by atoms with Crippen LogP contribution in [0.25, 0.3) is 0 Å². The van der Waals surface area contributed by atoms with E-state index in [2.05, 4.69) is 37.6 Å². The number of aliphatic hydroxyl groups is 1. The van der Waals surface area contributed by atoms with E-state index in [-0.39, 0.29) is 6.61 Å². The Hall–Kier alpha value is -0.650. The van der Waals surface area contributed by atoms with Gasteiger partial charge in [-0.2, -0.15) is 0 Å². The molecule has 1 N–H and O–H groups in total.